The van der Waals surface area contributed by atoms with Crippen LogP contribution in [0.25, 0.3) is 0 Å². The third kappa shape index (κ3) is 1.17. The molecule has 0 N–H and O–H groups in total. The first-order chi connectivity index (χ1) is 5.07. The minimum absolute atomic E-state index is 0.235. The predicted molar refractivity (Wildman–Crippen MR) is 38.6 cm³/mol. The summed E-state index contributed by atoms with van der Waals surface area (Å²) in [7, 11) is 0. The lowest BCUT2D eigenvalue weighted by atomic mass is 10.3. The number of halogens is 3. The molecule has 1 aliphatic rings. The minimum atomic E-state index is -2.59. The van der Waals surface area contributed by atoms with E-state index in [1.165, 1.54) is 4.57 Å². The van der Waals surface area contributed by atoms with E-state index in [-0.39, 0.29) is 13.0 Å². The second kappa shape index (κ2) is 2.03. The summed E-state index contributed by atoms with van der Waals surface area (Å²) in [4.78, 5) is 3.89. The van der Waals surface area contributed by atoms with Crippen molar-refractivity contribution in [3.05, 3.63) is 16.6 Å². The smallest absolute Gasteiger partial charge is 0.272 e. The van der Waals surface area contributed by atoms with Crippen molar-refractivity contribution in [3.63, 3.8) is 0 Å². The number of fused-ring (bicyclic) bond motifs is 1. The Balaban J connectivity index is 2.37. The molecule has 0 bridgehead atoms. The van der Waals surface area contributed by atoms with Gasteiger partial charge in [0.1, 0.15) is 10.4 Å². The number of nitrogens with zero attached hydrogens (tertiary/aromatic N) is 2. The Labute approximate surface area is 70.4 Å². The van der Waals surface area contributed by atoms with Crippen LogP contribution in [0.5, 0.6) is 0 Å². The van der Waals surface area contributed by atoms with Gasteiger partial charge in [-0.05, 0) is 15.9 Å². The third-order valence-corrected chi connectivity index (χ3v) is 2.03. The molecular weight excluding hydrogens is 218 g/mol. The van der Waals surface area contributed by atoms with Crippen LogP contribution in [0.2, 0.25) is 0 Å². The van der Waals surface area contributed by atoms with Crippen LogP contribution in [0.3, 0.4) is 0 Å². The largest absolute Gasteiger partial charge is 0.327 e. The Kier molecular flexibility index (Phi) is 1.33. The quantitative estimate of drug-likeness (QED) is 0.656. The van der Waals surface area contributed by atoms with Gasteiger partial charge in [0.25, 0.3) is 5.92 Å². The molecule has 0 aromatic carbocycles. The highest BCUT2D eigenvalue weighted by Gasteiger charge is 2.38. The number of alkyl halides is 2. The van der Waals surface area contributed by atoms with Crippen LogP contribution in [-0.4, -0.2) is 15.5 Å². The van der Waals surface area contributed by atoms with Crippen molar-refractivity contribution in [3.8, 4) is 0 Å². The lowest BCUT2D eigenvalue weighted by Crippen LogP contribution is -2.16. The van der Waals surface area contributed by atoms with E-state index in [9.17, 15) is 8.78 Å². The molecule has 0 spiro atoms. The van der Waals surface area contributed by atoms with Gasteiger partial charge in [-0.25, -0.2) is 13.8 Å². The average Bonchev–Trinajstić information content (AvgIpc) is 2.17. The standard InChI is InChI=1S/C6H5BrF2N2/c7-4-2-11-3-6(8,9)1-5(11)10-4/h2H,1,3H2. The van der Waals surface area contributed by atoms with Crippen molar-refractivity contribution in [1.29, 1.82) is 0 Å². The number of hydrogen-bond acceptors (Lipinski definition) is 1. The van der Waals surface area contributed by atoms with Gasteiger partial charge < -0.3 is 4.57 Å². The highest BCUT2D eigenvalue weighted by Crippen LogP contribution is 2.29. The van der Waals surface area contributed by atoms with Crippen LogP contribution in [-0.2, 0) is 13.0 Å². The molecule has 11 heavy (non-hydrogen) atoms. The summed E-state index contributed by atoms with van der Waals surface area (Å²) < 4.78 is 27.4. The second-order valence-corrected chi connectivity index (χ2v) is 3.45. The van der Waals surface area contributed by atoms with Crippen LogP contribution >= 0.6 is 15.9 Å². The molecular formula is C6H5BrF2N2. The maximum absolute atomic E-state index is 12.6. The van der Waals surface area contributed by atoms with E-state index < -0.39 is 5.92 Å². The Hall–Kier alpha value is -0.450. The van der Waals surface area contributed by atoms with Crippen molar-refractivity contribution in [2.45, 2.75) is 18.9 Å². The topological polar surface area (TPSA) is 17.8 Å². The zero-order valence-corrected chi connectivity index (χ0v) is 7.11. The van der Waals surface area contributed by atoms with Crippen LogP contribution < -0.4 is 0 Å². The van der Waals surface area contributed by atoms with Gasteiger partial charge in [0.15, 0.2) is 0 Å². The third-order valence-electron chi connectivity index (χ3n) is 1.65. The first-order valence-electron chi connectivity index (χ1n) is 3.16. The average molecular weight is 223 g/mol. The zero-order chi connectivity index (χ0) is 8.06. The normalized spacial score (nSPS) is 20.3. The fourth-order valence-electron chi connectivity index (χ4n) is 1.23. The van der Waals surface area contributed by atoms with Crippen molar-refractivity contribution >= 4 is 15.9 Å². The summed E-state index contributed by atoms with van der Waals surface area (Å²) in [5.74, 6) is -2.13. The molecule has 0 unspecified atom stereocenters. The fourth-order valence-corrected chi connectivity index (χ4v) is 1.69. The van der Waals surface area contributed by atoms with Crippen molar-refractivity contribution in [2.75, 3.05) is 0 Å². The van der Waals surface area contributed by atoms with Gasteiger partial charge in [-0.3, -0.25) is 0 Å². The van der Waals surface area contributed by atoms with Gasteiger partial charge in [0.2, 0.25) is 0 Å². The molecule has 0 aliphatic carbocycles. The molecule has 1 aromatic rings. The number of rotatable bonds is 0. The summed E-state index contributed by atoms with van der Waals surface area (Å²) >= 11 is 3.12. The van der Waals surface area contributed by atoms with E-state index in [0.717, 1.165) is 0 Å². The lowest BCUT2D eigenvalue weighted by molar-refractivity contribution is 0.00259. The van der Waals surface area contributed by atoms with Crippen molar-refractivity contribution in [1.82, 2.24) is 9.55 Å². The summed E-state index contributed by atoms with van der Waals surface area (Å²) in [5.41, 5.74) is 0. The Morgan fingerprint density at radius 3 is 3.00 bits per heavy atom. The summed E-state index contributed by atoms with van der Waals surface area (Å²) in [6.07, 6.45) is 1.34. The molecule has 2 nitrogen and oxygen atoms in total. The van der Waals surface area contributed by atoms with Crippen LogP contribution in [0.1, 0.15) is 5.82 Å². The molecule has 0 saturated carbocycles. The molecule has 1 aromatic heterocycles. The van der Waals surface area contributed by atoms with Crippen molar-refractivity contribution < 1.29 is 8.78 Å². The van der Waals surface area contributed by atoms with Crippen LogP contribution in [0.4, 0.5) is 8.78 Å². The maximum atomic E-state index is 12.6. The van der Waals surface area contributed by atoms with E-state index in [1.807, 2.05) is 0 Å². The monoisotopic (exact) mass is 222 g/mol. The Bertz CT molecular complexity index is 269. The van der Waals surface area contributed by atoms with Gasteiger partial charge in [-0.1, -0.05) is 0 Å². The zero-order valence-electron chi connectivity index (χ0n) is 5.52. The molecule has 1 aliphatic heterocycles. The van der Waals surface area contributed by atoms with Crippen molar-refractivity contribution in [2.24, 2.45) is 0 Å². The first kappa shape index (κ1) is 7.21. The molecule has 0 fully saturated rings. The number of hydrogen-bond donors (Lipinski definition) is 0. The van der Waals surface area contributed by atoms with E-state index in [4.69, 9.17) is 0 Å². The van der Waals surface area contributed by atoms with E-state index in [2.05, 4.69) is 20.9 Å². The Morgan fingerprint density at radius 2 is 2.36 bits per heavy atom. The van der Waals surface area contributed by atoms with E-state index >= 15 is 0 Å². The fraction of sp³-hybridized carbons (Fsp3) is 0.500. The van der Waals surface area contributed by atoms with Gasteiger partial charge in [0, 0.05) is 6.20 Å². The summed E-state index contributed by atoms with van der Waals surface area (Å²) in [6, 6.07) is 0. The molecule has 0 atom stereocenters. The predicted octanol–water partition coefficient (Wildman–Crippen LogP) is 1.84. The molecule has 0 radical (unpaired) electrons. The van der Waals surface area contributed by atoms with Gasteiger partial charge in [-0.15, -0.1) is 0 Å². The van der Waals surface area contributed by atoms with E-state index in [0.29, 0.717) is 10.4 Å². The van der Waals surface area contributed by atoms with E-state index in [1.54, 1.807) is 6.20 Å². The van der Waals surface area contributed by atoms with Gasteiger partial charge >= 0.3 is 0 Å². The van der Waals surface area contributed by atoms with Gasteiger partial charge in [-0.2, -0.15) is 0 Å². The molecule has 5 heteroatoms. The minimum Gasteiger partial charge on any atom is -0.327 e. The molecule has 0 amide bonds. The van der Waals surface area contributed by atoms with Crippen LogP contribution in [0, 0.1) is 0 Å². The first-order valence-corrected chi connectivity index (χ1v) is 3.95. The number of imidazole rings is 1. The molecule has 2 rings (SSSR count). The molecule has 2 heterocycles. The summed E-state index contributed by atoms with van der Waals surface area (Å²) in [6.45, 7) is -0.235. The SMILES string of the molecule is FC1(F)Cc2nc(Br)cn2C1. The lowest BCUT2D eigenvalue weighted by Gasteiger charge is -2.04. The molecule has 60 valence electrons. The highest BCUT2D eigenvalue weighted by atomic mass is 79.9. The van der Waals surface area contributed by atoms with Gasteiger partial charge in [0.05, 0.1) is 13.0 Å². The highest BCUT2D eigenvalue weighted by molar-refractivity contribution is 9.10. The van der Waals surface area contributed by atoms with Crippen LogP contribution in [0.15, 0.2) is 10.8 Å². The maximum Gasteiger partial charge on any atom is 0.272 e. The number of aromatic nitrogens is 2. The molecule has 0 saturated heterocycles. The second-order valence-electron chi connectivity index (χ2n) is 2.64. The summed E-state index contributed by atoms with van der Waals surface area (Å²) in [5, 5.41) is 0. The Morgan fingerprint density at radius 1 is 1.64 bits per heavy atom.